The summed E-state index contributed by atoms with van der Waals surface area (Å²) in [5, 5.41) is 3.45. The van der Waals surface area contributed by atoms with Crippen molar-refractivity contribution >= 4 is 5.65 Å². The predicted molar refractivity (Wildman–Crippen MR) is 85.8 cm³/mol. The minimum atomic E-state index is -0.433. The van der Waals surface area contributed by atoms with Crippen molar-refractivity contribution in [3.63, 3.8) is 0 Å². The minimum absolute atomic E-state index is 0.0618. The van der Waals surface area contributed by atoms with Gasteiger partial charge in [0.05, 0.1) is 5.56 Å². The number of halogens is 1. The Balaban J connectivity index is 1.69. The zero-order valence-corrected chi connectivity index (χ0v) is 12.8. The third-order valence-electron chi connectivity index (χ3n) is 4.94. The third kappa shape index (κ3) is 2.48. The molecule has 1 fully saturated rings. The second-order valence-corrected chi connectivity index (χ2v) is 6.37. The lowest BCUT2D eigenvalue weighted by Crippen LogP contribution is -2.59. The largest absolute Gasteiger partial charge is 0.314 e. The molecule has 0 atom stereocenters. The summed E-state index contributed by atoms with van der Waals surface area (Å²) in [6.07, 6.45) is 9.25. The van der Waals surface area contributed by atoms with Crippen LogP contribution in [0.3, 0.4) is 0 Å². The molecule has 0 radical (unpaired) electrons. The van der Waals surface area contributed by atoms with Crippen molar-refractivity contribution in [1.82, 2.24) is 19.6 Å². The van der Waals surface area contributed by atoms with Crippen molar-refractivity contribution in [2.24, 2.45) is 0 Å². The highest BCUT2D eigenvalue weighted by Gasteiger charge is 2.39. The monoisotopic (exact) mass is 314 g/mol. The normalized spacial score (nSPS) is 20.6. The fourth-order valence-electron chi connectivity index (χ4n) is 3.63. The van der Waals surface area contributed by atoms with Crippen LogP contribution < -0.4 is 10.9 Å². The second-order valence-electron chi connectivity index (χ2n) is 6.37. The van der Waals surface area contributed by atoms with E-state index in [-0.39, 0.29) is 11.1 Å². The van der Waals surface area contributed by atoms with E-state index < -0.39 is 5.82 Å². The number of nitrogens with one attached hydrogen (secondary N) is 1. The van der Waals surface area contributed by atoms with Gasteiger partial charge in [0.2, 0.25) is 0 Å². The summed E-state index contributed by atoms with van der Waals surface area (Å²) in [6.45, 7) is 3.29. The van der Waals surface area contributed by atoms with Gasteiger partial charge < -0.3 is 5.32 Å². The van der Waals surface area contributed by atoms with Crippen LogP contribution in [0.2, 0.25) is 0 Å². The van der Waals surface area contributed by atoms with E-state index in [2.05, 4.69) is 27.4 Å². The maximum Gasteiger partial charge on any atom is 0.262 e. The smallest absolute Gasteiger partial charge is 0.262 e. The molecule has 2 aliphatic rings. The van der Waals surface area contributed by atoms with E-state index in [0.717, 1.165) is 32.5 Å². The molecule has 5 nitrogen and oxygen atoms in total. The van der Waals surface area contributed by atoms with Crippen LogP contribution in [0.5, 0.6) is 0 Å². The number of nitrogens with zero attached hydrogens (tertiary/aromatic N) is 3. The Kier molecular flexibility index (Phi) is 3.50. The van der Waals surface area contributed by atoms with Crippen LogP contribution in [0.4, 0.5) is 4.39 Å². The molecule has 1 saturated heterocycles. The van der Waals surface area contributed by atoms with Crippen molar-refractivity contribution in [3.8, 4) is 0 Å². The number of fused-ring (bicyclic) bond motifs is 1. The fourth-order valence-corrected chi connectivity index (χ4v) is 3.63. The average molecular weight is 314 g/mol. The van der Waals surface area contributed by atoms with Gasteiger partial charge in [0.1, 0.15) is 11.5 Å². The van der Waals surface area contributed by atoms with Crippen LogP contribution in [0.15, 0.2) is 41.5 Å². The van der Waals surface area contributed by atoms with Gasteiger partial charge in [-0.15, -0.1) is 0 Å². The molecule has 0 unspecified atom stereocenters. The number of pyridine rings is 1. The van der Waals surface area contributed by atoms with Crippen LogP contribution in [0.1, 0.15) is 18.4 Å². The van der Waals surface area contributed by atoms with Gasteiger partial charge in [-0.2, -0.15) is 0 Å². The van der Waals surface area contributed by atoms with Gasteiger partial charge in [0, 0.05) is 44.1 Å². The molecule has 2 aromatic heterocycles. The summed E-state index contributed by atoms with van der Waals surface area (Å²) < 4.78 is 14.7. The van der Waals surface area contributed by atoms with E-state index in [1.165, 1.54) is 22.7 Å². The van der Waals surface area contributed by atoms with Crippen LogP contribution in [-0.2, 0) is 6.54 Å². The SMILES string of the molecule is O=c1c(CN2CCNCC23CC=CC3)cnc2ccc(F)cn12. The predicted octanol–water partition coefficient (Wildman–Crippen LogP) is 1.33. The molecule has 4 rings (SSSR count). The quantitative estimate of drug-likeness (QED) is 0.850. The maximum atomic E-state index is 13.4. The summed E-state index contributed by atoms with van der Waals surface area (Å²) >= 11 is 0. The summed E-state index contributed by atoms with van der Waals surface area (Å²) in [6, 6.07) is 2.84. The van der Waals surface area contributed by atoms with Gasteiger partial charge in [-0.3, -0.25) is 14.1 Å². The first kappa shape index (κ1) is 14.5. The first-order valence-corrected chi connectivity index (χ1v) is 7.95. The molecule has 1 aliphatic carbocycles. The van der Waals surface area contributed by atoms with Crippen molar-refractivity contribution < 1.29 is 4.39 Å². The molecule has 3 heterocycles. The van der Waals surface area contributed by atoms with Gasteiger partial charge in [0.15, 0.2) is 0 Å². The molecule has 0 bridgehead atoms. The molecule has 0 aromatic carbocycles. The van der Waals surface area contributed by atoms with E-state index in [1.54, 1.807) is 6.20 Å². The molecular formula is C17H19FN4O. The highest BCUT2D eigenvalue weighted by molar-refractivity contribution is 5.38. The van der Waals surface area contributed by atoms with Crippen molar-refractivity contribution in [2.75, 3.05) is 19.6 Å². The Bertz CT molecular complexity index is 821. The number of piperazine rings is 1. The Morgan fingerprint density at radius 3 is 2.96 bits per heavy atom. The topological polar surface area (TPSA) is 49.6 Å². The highest BCUT2D eigenvalue weighted by atomic mass is 19.1. The molecule has 1 aliphatic heterocycles. The van der Waals surface area contributed by atoms with Gasteiger partial charge in [-0.25, -0.2) is 9.37 Å². The van der Waals surface area contributed by atoms with Gasteiger partial charge >= 0.3 is 0 Å². The third-order valence-corrected chi connectivity index (χ3v) is 4.94. The number of rotatable bonds is 2. The molecular weight excluding hydrogens is 295 g/mol. The molecule has 6 heteroatoms. The van der Waals surface area contributed by atoms with Gasteiger partial charge in [-0.05, 0) is 25.0 Å². The summed E-state index contributed by atoms with van der Waals surface area (Å²) in [5.41, 5.74) is 0.958. The van der Waals surface area contributed by atoms with Gasteiger partial charge in [0.25, 0.3) is 5.56 Å². The Hall–Kier alpha value is -2.05. The molecule has 2 aromatic rings. The second kappa shape index (κ2) is 5.54. The zero-order chi connectivity index (χ0) is 15.9. The Morgan fingerprint density at radius 2 is 2.13 bits per heavy atom. The molecule has 1 N–H and O–H groups in total. The summed E-state index contributed by atoms with van der Waals surface area (Å²) in [7, 11) is 0. The lowest BCUT2D eigenvalue weighted by Gasteiger charge is -2.45. The van der Waals surface area contributed by atoms with Crippen LogP contribution >= 0.6 is 0 Å². The summed E-state index contributed by atoms with van der Waals surface area (Å²) in [5.74, 6) is -0.433. The first-order valence-electron chi connectivity index (χ1n) is 7.95. The van der Waals surface area contributed by atoms with E-state index >= 15 is 0 Å². The van der Waals surface area contributed by atoms with Crippen LogP contribution in [-0.4, -0.2) is 39.5 Å². The Labute approximate surface area is 133 Å². The number of hydrogen-bond acceptors (Lipinski definition) is 4. The average Bonchev–Trinajstić information content (AvgIpc) is 3.02. The van der Waals surface area contributed by atoms with Crippen molar-refractivity contribution in [1.29, 1.82) is 0 Å². The Morgan fingerprint density at radius 1 is 1.30 bits per heavy atom. The molecule has 0 amide bonds. The standard InChI is InChI=1S/C17H19FN4O/c18-14-3-4-15-20-9-13(16(23)22(15)11-14)10-21-8-7-19-12-17(21)5-1-2-6-17/h1-4,9,11,19H,5-8,10,12H2. The number of aromatic nitrogens is 2. The molecule has 1 spiro atoms. The minimum Gasteiger partial charge on any atom is -0.314 e. The fraction of sp³-hybridized carbons (Fsp3) is 0.412. The van der Waals surface area contributed by atoms with Crippen molar-refractivity contribution in [2.45, 2.75) is 24.9 Å². The molecule has 0 saturated carbocycles. The van der Waals surface area contributed by atoms with Crippen molar-refractivity contribution in [3.05, 3.63) is 58.4 Å². The molecule has 23 heavy (non-hydrogen) atoms. The van der Waals surface area contributed by atoms with Crippen LogP contribution in [0, 0.1) is 5.82 Å². The lowest BCUT2D eigenvalue weighted by molar-refractivity contribution is 0.0616. The van der Waals surface area contributed by atoms with E-state index in [0.29, 0.717) is 17.8 Å². The van der Waals surface area contributed by atoms with Crippen LogP contribution in [0.25, 0.3) is 5.65 Å². The van der Waals surface area contributed by atoms with Gasteiger partial charge in [-0.1, -0.05) is 12.2 Å². The summed E-state index contributed by atoms with van der Waals surface area (Å²) in [4.78, 5) is 19.3. The zero-order valence-electron chi connectivity index (χ0n) is 12.8. The number of hydrogen-bond donors (Lipinski definition) is 1. The van der Waals surface area contributed by atoms with E-state index in [4.69, 9.17) is 0 Å². The maximum absolute atomic E-state index is 13.4. The van der Waals surface area contributed by atoms with E-state index in [1.807, 2.05) is 0 Å². The van der Waals surface area contributed by atoms with E-state index in [9.17, 15) is 9.18 Å². The molecule has 120 valence electrons. The highest BCUT2D eigenvalue weighted by Crippen LogP contribution is 2.32. The first-order chi connectivity index (χ1) is 11.2. The lowest BCUT2D eigenvalue weighted by atomic mass is 9.91.